The largest absolute Gasteiger partial charge is 0.350 e. The van der Waals surface area contributed by atoms with E-state index in [9.17, 15) is 4.79 Å². The lowest BCUT2D eigenvalue weighted by Gasteiger charge is -2.59. The minimum absolute atomic E-state index is 0.167. The first-order valence-electron chi connectivity index (χ1n) is 14.7. The van der Waals surface area contributed by atoms with Crippen LogP contribution in [0.15, 0.2) is 0 Å². The van der Waals surface area contributed by atoms with Crippen molar-refractivity contribution in [3.8, 4) is 0 Å². The van der Waals surface area contributed by atoms with E-state index in [1.165, 1.54) is 44.9 Å². The molecule has 0 aromatic carbocycles. The summed E-state index contributed by atoms with van der Waals surface area (Å²) in [5.74, 6) is 4.01. The Balaban J connectivity index is 0.000000617. The van der Waals surface area contributed by atoms with Gasteiger partial charge in [0.15, 0.2) is 5.79 Å². The van der Waals surface area contributed by atoms with Crippen LogP contribution in [-0.4, -0.2) is 24.3 Å². The van der Waals surface area contributed by atoms with Crippen LogP contribution in [0.1, 0.15) is 119 Å². The number of ketones is 1. The normalized spacial score (nSPS) is 52.3. The van der Waals surface area contributed by atoms with Gasteiger partial charge in [0.1, 0.15) is 5.78 Å². The first kappa shape index (κ1) is 25.7. The van der Waals surface area contributed by atoms with Crippen molar-refractivity contribution in [1.29, 1.82) is 0 Å². The van der Waals surface area contributed by atoms with Crippen molar-refractivity contribution in [3.63, 3.8) is 0 Å². The smallest absolute Gasteiger partial charge is 0.169 e. The molecule has 1 spiro atoms. The molecule has 0 N–H and O–H groups in total. The van der Waals surface area contributed by atoms with E-state index in [2.05, 4.69) is 20.8 Å². The summed E-state index contributed by atoms with van der Waals surface area (Å²) in [5, 5.41) is 0. The predicted octanol–water partition coefficient (Wildman–Crippen LogP) is 7.81. The molecular weight excluding hydrogens is 408 g/mol. The van der Waals surface area contributed by atoms with Crippen molar-refractivity contribution >= 4 is 5.78 Å². The lowest BCUT2D eigenvalue weighted by molar-refractivity contribution is -0.255. The Morgan fingerprint density at radius 3 is 2.33 bits per heavy atom. The van der Waals surface area contributed by atoms with E-state index in [1.54, 1.807) is 0 Å². The number of carbonyl (C=O) groups excluding carboxylic acids is 1. The molecule has 6 aliphatic rings. The van der Waals surface area contributed by atoms with Crippen LogP contribution in [0, 0.1) is 46.3 Å². The van der Waals surface area contributed by atoms with Crippen molar-refractivity contribution in [2.24, 2.45) is 46.3 Å². The summed E-state index contributed by atoms with van der Waals surface area (Å²) in [5.41, 5.74) is 0.250. The monoisotopic (exact) mass is 460 g/mol. The minimum atomic E-state index is -0.375. The van der Waals surface area contributed by atoms with Gasteiger partial charge in [0.05, 0.1) is 12.7 Å². The van der Waals surface area contributed by atoms with E-state index in [-0.39, 0.29) is 17.3 Å². The second kappa shape index (κ2) is 9.57. The zero-order valence-electron chi connectivity index (χ0n) is 22.8. The summed E-state index contributed by atoms with van der Waals surface area (Å²) in [7, 11) is 0. The maximum absolute atomic E-state index is 13.8. The van der Waals surface area contributed by atoms with Crippen LogP contribution >= 0.6 is 0 Å². The zero-order chi connectivity index (χ0) is 24.0. The molecule has 0 aromatic heterocycles. The topological polar surface area (TPSA) is 35.5 Å². The third kappa shape index (κ3) is 3.87. The number of fused-ring (bicyclic) bond motifs is 7. The van der Waals surface area contributed by atoms with E-state index < -0.39 is 0 Å². The van der Waals surface area contributed by atoms with Crippen molar-refractivity contribution < 1.29 is 14.3 Å². The number of Topliss-reactive ketones (excluding diaryl/α,β-unsaturated/α-hetero) is 1. The van der Waals surface area contributed by atoms with E-state index in [1.807, 2.05) is 27.7 Å². The predicted molar refractivity (Wildman–Crippen MR) is 135 cm³/mol. The van der Waals surface area contributed by atoms with E-state index >= 15 is 0 Å². The van der Waals surface area contributed by atoms with Crippen LogP contribution in [0.4, 0.5) is 0 Å². The number of carbonyl (C=O) groups is 1. The first-order valence-corrected chi connectivity index (χ1v) is 14.7. The third-order valence-electron chi connectivity index (χ3n) is 11.2. The molecule has 3 nitrogen and oxygen atoms in total. The maximum Gasteiger partial charge on any atom is 0.169 e. The van der Waals surface area contributed by atoms with Gasteiger partial charge in [0, 0.05) is 30.6 Å². The molecule has 6 rings (SSSR count). The van der Waals surface area contributed by atoms with Gasteiger partial charge in [-0.25, -0.2) is 0 Å². The number of hydrogen-bond acceptors (Lipinski definition) is 3. The van der Waals surface area contributed by atoms with Crippen LogP contribution in [0.5, 0.6) is 0 Å². The maximum atomic E-state index is 13.8. The Kier molecular flexibility index (Phi) is 7.44. The fourth-order valence-electron chi connectivity index (χ4n) is 9.42. The minimum Gasteiger partial charge on any atom is -0.350 e. The summed E-state index contributed by atoms with van der Waals surface area (Å²) in [4.78, 5) is 13.8. The summed E-state index contributed by atoms with van der Waals surface area (Å²) in [6.07, 6.45) is 13.7. The highest BCUT2D eigenvalue weighted by molar-refractivity contribution is 5.87. The van der Waals surface area contributed by atoms with Gasteiger partial charge in [0.25, 0.3) is 0 Å². The molecule has 0 radical (unpaired) electrons. The van der Waals surface area contributed by atoms with Gasteiger partial charge in [0.2, 0.25) is 0 Å². The van der Waals surface area contributed by atoms with Gasteiger partial charge in [-0.3, -0.25) is 4.79 Å². The van der Waals surface area contributed by atoms with Gasteiger partial charge in [-0.1, -0.05) is 61.3 Å². The molecular formula is C30H52O3. The molecule has 2 heterocycles. The molecule has 0 bridgehead atoms. The van der Waals surface area contributed by atoms with Crippen LogP contribution in [0.25, 0.3) is 0 Å². The highest BCUT2D eigenvalue weighted by Crippen LogP contribution is 2.69. The summed E-state index contributed by atoms with van der Waals surface area (Å²) < 4.78 is 13.0. The van der Waals surface area contributed by atoms with Gasteiger partial charge < -0.3 is 9.47 Å². The van der Waals surface area contributed by atoms with Gasteiger partial charge in [-0.2, -0.15) is 0 Å². The van der Waals surface area contributed by atoms with Crippen molar-refractivity contribution in [3.05, 3.63) is 0 Å². The SMILES string of the molecule is CC.CC.CC1CCC2(CC3C(CC4C5CCC6CCCCC6(C)C5CC(=O)C34C)O2)OC1. The second-order valence-electron chi connectivity index (χ2n) is 12.4. The molecule has 3 heteroatoms. The Hall–Kier alpha value is -0.410. The van der Waals surface area contributed by atoms with E-state index in [4.69, 9.17) is 9.47 Å². The standard InChI is InChI=1S/C26H40O3.2C2H6/c1-16-9-11-26(28-15-16)14-21-22(29-26)12-20-18-8-7-17-6-4-5-10-24(17,2)19(18)13-23(27)25(20,21)3;2*1-2/h16-22H,4-15H2,1-3H3;2*1-2H3. The molecule has 10 unspecified atom stereocenters. The van der Waals surface area contributed by atoms with E-state index in [0.29, 0.717) is 34.9 Å². The lowest BCUT2D eigenvalue weighted by atomic mass is 9.44. The second-order valence-corrected chi connectivity index (χ2v) is 12.4. The van der Waals surface area contributed by atoms with Gasteiger partial charge in [-0.15, -0.1) is 0 Å². The molecule has 10 atom stereocenters. The quantitative estimate of drug-likeness (QED) is 0.370. The highest BCUT2D eigenvalue weighted by Gasteiger charge is 2.69. The van der Waals surface area contributed by atoms with Crippen LogP contribution in [0.2, 0.25) is 0 Å². The molecule has 4 saturated carbocycles. The summed E-state index contributed by atoms with van der Waals surface area (Å²) >= 11 is 0. The molecule has 2 saturated heterocycles. The van der Waals surface area contributed by atoms with E-state index in [0.717, 1.165) is 44.1 Å². The number of rotatable bonds is 0. The van der Waals surface area contributed by atoms with Crippen molar-refractivity contribution in [2.75, 3.05) is 6.61 Å². The summed E-state index contributed by atoms with van der Waals surface area (Å²) in [6, 6.07) is 0. The van der Waals surface area contributed by atoms with Crippen LogP contribution in [-0.2, 0) is 14.3 Å². The molecule has 33 heavy (non-hydrogen) atoms. The molecule has 4 aliphatic carbocycles. The average Bonchev–Trinajstić information content (AvgIpc) is 3.33. The summed E-state index contributed by atoms with van der Waals surface area (Å²) in [6.45, 7) is 16.0. The highest BCUT2D eigenvalue weighted by atomic mass is 16.7. The number of ether oxygens (including phenoxy) is 2. The Morgan fingerprint density at radius 2 is 1.64 bits per heavy atom. The van der Waals surface area contributed by atoms with Gasteiger partial charge in [-0.05, 0) is 73.5 Å². The Morgan fingerprint density at radius 1 is 0.879 bits per heavy atom. The van der Waals surface area contributed by atoms with Crippen LogP contribution in [0.3, 0.4) is 0 Å². The Bertz CT molecular complexity index is 695. The lowest BCUT2D eigenvalue weighted by Crippen LogP contribution is -2.56. The number of hydrogen-bond donors (Lipinski definition) is 0. The molecule has 2 aliphatic heterocycles. The fraction of sp³-hybridized carbons (Fsp3) is 0.967. The average molecular weight is 461 g/mol. The molecule has 190 valence electrons. The van der Waals surface area contributed by atoms with Gasteiger partial charge >= 0.3 is 0 Å². The molecule has 0 aromatic rings. The fourth-order valence-corrected chi connectivity index (χ4v) is 9.42. The third-order valence-corrected chi connectivity index (χ3v) is 11.2. The molecule has 6 fully saturated rings. The zero-order valence-corrected chi connectivity index (χ0v) is 22.8. The Labute approximate surface area is 204 Å². The van der Waals surface area contributed by atoms with Crippen LogP contribution < -0.4 is 0 Å². The first-order chi connectivity index (χ1) is 15.9. The van der Waals surface area contributed by atoms with Crippen molar-refractivity contribution in [1.82, 2.24) is 0 Å². The van der Waals surface area contributed by atoms with Crippen molar-refractivity contribution in [2.45, 2.75) is 131 Å². The molecule has 0 amide bonds.